The number of carbonyl (C=O) groups excluding carboxylic acids is 1. The Morgan fingerprint density at radius 3 is 2.65 bits per heavy atom. The first-order valence-corrected chi connectivity index (χ1v) is 10.9. The van der Waals surface area contributed by atoms with Crippen LogP contribution in [0.5, 0.6) is 0 Å². The lowest BCUT2D eigenvalue weighted by molar-refractivity contribution is -0.116. The molecule has 8 nitrogen and oxygen atoms in total. The van der Waals surface area contributed by atoms with Crippen LogP contribution in [0.25, 0.3) is 21.3 Å². The van der Waals surface area contributed by atoms with Crippen LogP contribution >= 0.6 is 22.7 Å². The molecule has 0 saturated carbocycles. The first kappa shape index (κ1) is 21.2. The predicted molar refractivity (Wildman–Crippen MR) is 118 cm³/mol. The van der Waals surface area contributed by atoms with E-state index in [1.54, 1.807) is 26.2 Å². The summed E-state index contributed by atoms with van der Waals surface area (Å²) in [7, 11) is 1.55. The number of amides is 1. The lowest BCUT2D eigenvalue weighted by Gasteiger charge is -2.10. The van der Waals surface area contributed by atoms with E-state index < -0.39 is 5.91 Å². The van der Waals surface area contributed by atoms with Gasteiger partial charge in [0.25, 0.3) is 5.56 Å². The van der Waals surface area contributed by atoms with Crippen molar-refractivity contribution in [2.24, 2.45) is 0 Å². The monoisotopic (exact) mass is 459 g/mol. The number of aromatic nitrogens is 4. The number of ether oxygens (including phenoxy) is 1. The van der Waals surface area contributed by atoms with E-state index in [4.69, 9.17) is 4.74 Å². The molecule has 31 heavy (non-hydrogen) atoms. The van der Waals surface area contributed by atoms with Crippen molar-refractivity contribution in [3.05, 3.63) is 56.1 Å². The molecule has 0 unspecified atom stereocenters. The Kier molecular flexibility index (Phi) is 5.90. The summed E-state index contributed by atoms with van der Waals surface area (Å²) < 4.78 is 19.7. The van der Waals surface area contributed by atoms with Crippen LogP contribution in [-0.4, -0.2) is 32.8 Å². The number of thiophene rings is 1. The third-order valence-corrected chi connectivity index (χ3v) is 6.41. The van der Waals surface area contributed by atoms with E-state index in [1.165, 1.54) is 39.4 Å². The molecular formula is C20H18FN5O3S2. The van der Waals surface area contributed by atoms with E-state index in [9.17, 15) is 14.0 Å². The van der Waals surface area contributed by atoms with Crippen molar-refractivity contribution in [1.29, 1.82) is 0 Å². The highest BCUT2D eigenvalue weighted by atomic mass is 32.1. The third kappa shape index (κ3) is 4.24. The van der Waals surface area contributed by atoms with Gasteiger partial charge in [-0.05, 0) is 31.5 Å². The minimum absolute atomic E-state index is 0.218. The summed E-state index contributed by atoms with van der Waals surface area (Å²) in [5.74, 6) is -0.340. The fourth-order valence-corrected chi connectivity index (χ4v) is 5.04. The van der Waals surface area contributed by atoms with Gasteiger partial charge in [-0.25, -0.2) is 9.37 Å². The van der Waals surface area contributed by atoms with Gasteiger partial charge >= 0.3 is 0 Å². The number of benzene rings is 1. The van der Waals surface area contributed by atoms with Crippen LogP contribution in [0.3, 0.4) is 0 Å². The molecule has 1 aromatic carbocycles. The van der Waals surface area contributed by atoms with E-state index in [0.29, 0.717) is 38.4 Å². The zero-order valence-corrected chi connectivity index (χ0v) is 18.6. The first-order chi connectivity index (χ1) is 14.9. The summed E-state index contributed by atoms with van der Waals surface area (Å²) in [6, 6.07) is 5.97. The van der Waals surface area contributed by atoms with Crippen LogP contribution in [0.1, 0.15) is 15.7 Å². The average Bonchev–Trinajstić information content (AvgIpc) is 3.29. The standard InChI is InChI=1S/C20H18FN5O3S2/c1-10-16(12-4-6-13(21)7-5-12)17-18(30-10)22-11(2)26(19(17)28)8-14(27)23-20-25-24-15(31-20)9-29-3/h4-7H,8-9H2,1-3H3,(H,23,25,27). The largest absolute Gasteiger partial charge is 0.377 e. The fraction of sp³-hybridized carbons (Fsp3) is 0.250. The number of fused-ring (bicyclic) bond motifs is 1. The normalized spacial score (nSPS) is 11.2. The number of hydrogen-bond acceptors (Lipinski definition) is 8. The summed E-state index contributed by atoms with van der Waals surface area (Å²) in [5.41, 5.74) is 1.11. The summed E-state index contributed by atoms with van der Waals surface area (Å²) in [5, 5.41) is 11.9. The topological polar surface area (TPSA) is 99.0 Å². The number of nitrogens with one attached hydrogen (secondary N) is 1. The predicted octanol–water partition coefficient (Wildman–Crippen LogP) is 3.52. The van der Waals surface area contributed by atoms with Crippen molar-refractivity contribution in [3.8, 4) is 11.1 Å². The van der Waals surface area contributed by atoms with Crippen molar-refractivity contribution >= 4 is 43.9 Å². The number of hydrogen-bond donors (Lipinski definition) is 1. The SMILES string of the molecule is COCc1nnc(NC(=O)Cn2c(C)nc3sc(C)c(-c4ccc(F)cc4)c3c2=O)s1. The minimum atomic E-state index is -0.415. The van der Waals surface area contributed by atoms with Gasteiger partial charge in [-0.2, -0.15) is 0 Å². The molecule has 1 N–H and O–H groups in total. The average molecular weight is 460 g/mol. The van der Waals surface area contributed by atoms with Crippen molar-refractivity contribution in [3.63, 3.8) is 0 Å². The second-order valence-corrected chi connectivity index (χ2v) is 9.02. The van der Waals surface area contributed by atoms with Crippen LogP contribution in [-0.2, 0) is 22.7 Å². The molecule has 3 aromatic heterocycles. The van der Waals surface area contributed by atoms with Gasteiger partial charge in [-0.1, -0.05) is 23.5 Å². The van der Waals surface area contributed by atoms with E-state index in [2.05, 4.69) is 20.5 Å². The molecule has 0 aliphatic heterocycles. The zero-order chi connectivity index (χ0) is 22.1. The van der Waals surface area contributed by atoms with Gasteiger partial charge in [0, 0.05) is 17.6 Å². The summed E-state index contributed by atoms with van der Waals surface area (Å²) >= 11 is 2.60. The number of anilines is 1. The van der Waals surface area contributed by atoms with Crippen LogP contribution in [0.2, 0.25) is 0 Å². The van der Waals surface area contributed by atoms with Gasteiger partial charge in [-0.15, -0.1) is 21.5 Å². The fourth-order valence-electron chi connectivity index (χ4n) is 3.24. The second kappa shape index (κ2) is 8.61. The highest BCUT2D eigenvalue weighted by molar-refractivity contribution is 7.19. The molecule has 0 fully saturated rings. The second-order valence-electron chi connectivity index (χ2n) is 6.75. The molecule has 0 saturated heterocycles. The van der Waals surface area contributed by atoms with Crippen molar-refractivity contribution < 1.29 is 13.9 Å². The van der Waals surface area contributed by atoms with E-state index in [-0.39, 0.29) is 17.9 Å². The molecule has 0 aliphatic rings. The highest BCUT2D eigenvalue weighted by Crippen LogP contribution is 2.35. The number of rotatable bonds is 6. The third-order valence-electron chi connectivity index (χ3n) is 4.59. The molecule has 0 spiro atoms. The summed E-state index contributed by atoms with van der Waals surface area (Å²) in [6.45, 7) is 3.66. The Labute approximate surface area is 184 Å². The minimum Gasteiger partial charge on any atom is -0.377 e. The number of nitrogens with zero attached hydrogens (tertiary/aromatic N) is 4. The molecule has 1 amide bonds. The zero-order valence-electron chi connectivity index (χ0n) is 16.9. The maximum absolute atomic E-state index is 13.4. The van der Waals surface area contributed by atoms with Gasteiger partial charge in [0.15, 0.2) is 0 Å². The number of halogens is 1. The Bertz CT molecular complexity index is 1330. The molecular weight excluding hydrogens is 441 g/mol. The maximum atomic E-state index is 13.4. The van der Waals surface area contributed by atoms with Crippen LogP contribution in [0.4, 0.5) is 9.52 Å². The Balaban J connectivity index is 1.69. The van der Waals surface area contributed by atoms with E-state index >= 15 is 0 Å². The number of aryl methyl sites for hydroxylation is 2. The first-order valence-electron chi connectivity index (χ1n) is 9.25. The molecule has 0 atom stereocenters. The van der Waals surface area contributed by atoms with Crippen LogP contribution < -0.4 is 10.9 Å². The number of carbonyl (C=O) groups is 1. The lowest BCUT2D eigenvalue weighted by atomic mass is 10.0. The van der Waals surface area contributed by atoms with Gasteiger partial charge in [0.1, 0.15) is 34.6 Å². The van der Waals surface area contributed by atoms with Crippen molar-refractivity contribution in [2.75, 3.05) is 12.4 Å². The summed E-state index contributed by atoms with van der Waals surface area (Å²) in [4.78, 5) is 31.9. The Morgan fingerprint density at radius 1 is 1.19 bits per heavy atom. The Morgan fingerprint density at radius 2 is 1.94 bits per heavy atom. The Hall–Kier alpha value is -3.02. The van der Waals surface area contributed by atoms with Crippen LogP contribution in [0, 0.1) is 19.7 Å². The van der Waals surface area contributed by atoms with Gasteiger partial charge in [-0.3, -0.25) is 19.5 Å². The molecule has 0 radical (unpaired) electrons. The van der Waals surface area contributed by atoms with E-state index in [1.807, 2.05) is 6.92 Å². The molecule has 160 valence electrons. The number of methoxy groups -OCH3 is 1. The highest BCUT2D eigenvalue weighted by Gasteiger charge is 2.20. The van der Waals surface area contributed by atoms with Crippen molar-refractivity contribution in [1.82, 2.24) is 19.7 Å². The quantitative estimate of drug-likeness (QED) is 0.474. The molecule has 0 aliphatic carbocycles. The molecule has 4 rings (SSSR count). The maximum Gasteiger partial charge on any atom is 0.263 e. The lowest BCUT2D eigenvalue weighted by Crippen LogP contribution is -2.30. The molecule has 0 bridgehead atoms. The molecule has 11 heteroatoms. The van der Waals surface area contributed by atoms with Crippen LogP contribution in [0.15, 0.2) is 29.1 Å². The summed E-state index contributed by atoms with van der Waals surface area (Å²) in [6.07, 6.45) is 0. The molecule has 3 heterocycles. The smallest absolute Gasteiger partial charge is 0.263 e. The van der Waals surface area contributed by atoms with Gasteiger partial charge in [0.05, 0.1) is 5.39 Å². The van der Waals surface area contributed by atoms with Gasteiger partial charge in [0.2, 0.25) is 11.0 Å². The molecule has 4 aromatic rings. The van der Waals surface area contributed by atoms with Gasteiger partial charge < -0.3 is 4.74 Å². The van der Waals surface area contributed by atoms with E-state index in [0.717, 1.165) is 10.4 Å². The van der Waals surface area contributed by atoms with Crippen molar-refractivity contribution in [2.45, 2.75) is 27.0 Å².